The van der Waals surface area contributed by atoms with Gasteiger partial charge in [0.05, 0.1) is 16.1 Å². The molecule has 0 unspecified atom stereocenters. The monoisotopic (exact) mass is 349 g/mol. The standard InChI is InChI=1S/C18H12ClN5O/c19-13-3-1-2-4-14(13)22-18-23-16-15(17(25)24-18)12(7-10-21-16)11-5-8-20-9-6-11/h1-10H,(H2,21,22,23,24,25). The summed E-state index contributed by atoms with van der Waals surface area (Å²) in [6.07, 6.45) is 4.98. The van der Waals surface area contributed by atoms with Gasteiger partial charge >= 0.3 is 0 Å². The summed E-state index contributed by atoms with van der Waals surface area (Å²) >= 11 is 6.13. The van der Waals surface area contributed by atoms with Crippen LogP contribution in [0.25, 0.3) is 22.2 Å². The van der Waals surface area contributed by atoms with Gasteiger partial charge in [-0.2, -0.15) is 4.98 Å². The van der Waals surface area contributed by atoms with Crippen LogP contribution in [0.1, 0.15) is 0 Å². The van der Waals surface area contributed by atoms with Crippen LogP contribution in [-0.4, -0.2) is 19.9 Å². The third kappa shape index (κ3) is 2.95. The van der Waals surface area contributed by atoms with Crippen LogP contribution in [0.4, 0.5) is 11.6 Å². The van der Waals surface area contributed by atoms with Crippen molar-refractivity contribution >= 4 is 34.3 Å². The minimum absolute atomic E-state index is 0.278. The molecule has 3 aromatic heterocycles. The lowest BCUT2D eigenvalue weighted by Crippen LogP contribution is -2.13. The van der Waals surface area contributed by atoms with E-state index in [4.69, 9.17) is 11.6 Å². The van der Waals surface area contributed by atoms with Crippen molar-refractivity contribution in [1.82, 2.24) is 19.9 Å². The molecule has 0 aliphatic carbocycles. The summed E-state index contributed by atoms with van der Waals surface area (Å²) in [7, 11) is 0. The van der Waals surface area contributed by atoms with Crippen molar-refractivity contribution in [3.05, 3.63) is 76.4 Å². The zero-order valence-corrected chi connectivity index (χ0v) is 13.7. The molecule has 25 heavy (non-hydrogen) atoms. The van der Waals surface area contributed by atoms with Gasteiger partial charge < -0.3 is 5.32 Å². The van der Waals surface area contributed by atoms with Gasteiger partial charge in [-0.1, -0.05) is 23.7 Å². The molecule has 0 saturated carbocycles. The van der Waals surface area contributed by atoms with Gasteiger partial charge in [0.2, 0.25) is 5.95 Å². The van der Waals surface area contributed by atoms with Gasteiger partial charge in [0.25, 0.3) is 5.56 Å². The van der Waals surface area contributed by atoms with Gasteiger partial charge in [-0.15, -0.1) is 0 Å². The Bertz CT molecular complexity index is 1110. The molecule has 0 aliphatic heterocycles. The Kier molecular flexibility index (Phi) is 3.87. The average Bonchev–Trinajstić information content (AvgIpc) is 2.64. The van der Waals surface area contributed by atoms with E-state index in [0.29, 0.717) is 21.7 Å². The van der Waals surface area contributed by atoms with Crippen molar-refractivity contribution in [3.63, 3.8) is 0 Å². The predicted octanol–water partition coefficient (Wildman–Crippen LogP) is 3.78. The Balaban J connectivity index is 1.84. The van der Waals surface area contributed by atoms with Gasteiger partial charge in [0, 0.05) is 18.6 Å². The molecule has 7 heteroatoms. The molecule has 0 atom stereocenters. The Morgan fingerprint density at radius 3 is 2.60 bits per heavy atom. The maximum Gasteiger partial charge on any atom is 0.262 e. The van der Waals surface area contributed by atoms with Gasteiger partial charge in [-0.3, -0.25) is 14.8 Å². The fourth-order valence-electron chi connectivity index (χ4n) is 2.58. The lowest BCUT2D eigenvalue weighted by Gasteiger charge is -2.09. The smallest absolute Gasteiger partial charge is 0.262 e. The first-order valence-corrected chi connectivity index (χ1v) is 7.91. The van der Waals surface area contributed by atoms with Crippen LogP contribution in [0, 0.1) is 0 Å². The van der Waals surface area contributed by atoms with E-state index < -0.39 is 0 Å². The molecular weight excluding hydrogens is 338 g/mol. The molecule has 4 rings (SSSR count). The van der Waals surface area contributed by atoms with Crippen LogP contribution < -0.4 is 10.9 Å². The highest BCUT2D eigenvalue weighted by Gasteiger charge is 2.12. The molecule has 2 N–H and O–H groups in total. The molecule has 1 aromatic carbocycles. The van der Waals surface area contributed by atoms with Crippen molar-refractivity contribution in [1.29, 1.82) is 0 Å². The summed E-state index contributed by atoms with van der Waals surface area (Å²) in [5.74, 6) is 0.282. The van der Waals surface area contributed by atoms with E-state index >= 15 is 0 Å². The van der Waals surface area contributed by atoms with Crippen molar-refractivity contribution in [2.75, 3.05) is 5.32 Å². The van der Waals surface area contributed by atoms with Crippen LogP contribution in [0.15, 0.2) is 65.8 Å². The molecule has 0 radical (unpaired) electrons. The Hall–Kier alpha value is -3.25. The summed E-state index contributed by atoms with van der Waals surface area (Å²) in [5, 5.41) is 3.98. The highest BCUT2D eigenvalue weighted by atomic mass is 35.5. The number of nitrogens with one attached hydrogen (secondary N) is 2. The van der Waals surface area contributed by atoms with Crippen LogP contribution in [0.2, 0.25) is 5.02 Å². The van der Waals surface area contributed by atoms with E-state index in [9.17, 15) is 4.79 Å². The van der Waals surface area contributed by atoms with Crippen LogP contribution in [0.5, 0.6) is 0 Å². The number of hydrogen-bond donors (Lipinski definition) is 2. The fourth-order valence-corrected chi connectivity index (χ4v) is 2.77. The molecule has 0 spiro atoms. The zero-order valence-electron chi connectivity index (χ0n) is 12.9. The van der Waals surface area contributed by atoms with Crippen molar-refractivity contribution in [2.24, 2.45) is 0 Å². The zero-order chi connectivity index (χ0) is 17.2. The third-order valence-corrected chi connectivity index (χ3v) is 4.06. The van der Waals surface area contributed by atoms with Gasteiger partial charge in [-0.05, 0) is 41.5 Å². The van der Waals surface area contributed by atoms with E-state index in [1.54, 1.807) is 36.8 Å². The number of H-pyrrole nitrogens is 1. The number of fused-ring (bicyclic) bond motifs is 1. The second-order valence-corrected chi connectivity index (χ2v) is 5.72. The lowest BCUT2D eigenvalue weighted by atomic mass is 10.1. The Morgan fingerprint density at radius 1 is 1.00 bits per heavy atom. The number of anilines is 2. The highest BCUT2D eigenvalue weighted by Crippen LogP contribution is 2.26. The number of halogens is 1. The minimum atomic E-state index is -0.278. The van der Waals surface area contributed by atoms with E-state index in [-0.39, 0.29) is 11.5 Å². The molecule has 0 bridgehead atoms. The molecule has 3 heterocycles. The number of aromatic nitrogens is 4. The third-order valence-electron chi connectivity index (χ3n) is 3.73. The Labute approximate surface area is 147 Å². The summed E-state index contributed by atoms with van der Waals surface area (Å²) in [4.78, 5) is 28.0. The lowest BCUT2D eigenvalue weighted by molar-refractivity contribution is 1.14. The van der Waals surface area contributed by atoms with Gasteiger partial charge in [0.15, 0.2) is 5.65 Å². The molecule has 0 amide bonds. The van der Waals surface area contributed by atoms with E-state index in [1.165, 1.54) is 0 Å². The number of benzene rings is 1. The summed E-state index contributed by atoms with van der Waals surface area (Å²) < 4.78 is 0. The number of para-hydroxylation sites is 1. The van der Waals surface area contributed by atoms with E-state index in [2.05, 4.69) is 25.3 Å². The predicted molar refractivity (Wildman–Crippen MR) is 98.1 cm³/mol. The summed E-state index contributed by atoms with van der Waals surface area (Å²) in [6, 6.07) is 12.7. The number of hydrogen-bond acceptors (Lipinski definition) is 5. The highest BCUT2D eigenvalue weighted by molar-refractivity contribution is 6.33. The summed E-state index contributed by atoms with van der Waals surface area (Å²) in [5.41, 5.74) is 2.36. The largest absolute Gasteiger partial charge is 0.324 e. The average molecular weight is 350 g/mol. The van der Waals surface area contributed by atoms with Crippen LogP contribution in [-0.2, 0) is 0 Å². The first-order valence-electron chi connectivity index (χ1n) is 7.53. The Morgan fingerprint density at radius 2 is 1.80 bits per heavy atom. The second kappa shape index (κ2) is 6.33. The number of rotatable bonds is 3. The van der Waals surface area contributed by atoms with Crippen LogP contribution >= 0.6 is 11.6 Å². The van der Waals surface area contributed by atoms with E-state index in [0.717, 1.165) is 11.1 Å². The molecule has 0 aliphatic rings. The normalized spacial score (nSPS) is 10.8. The topological polar surface area (TPSA) is 83.6 Å². The van der Waals surface area contributed by atoms with Crippen LogP contribution in [0.3, 0.4) is 0 Å². The molecule has 0 fully saturated rings. The number of aromatic amines is 1. The van der Waals surface area contributed by atoms with Gasteiger partial charge in [-0.25, -0.2) is 4.98 Å². The van der Waals surface area contributed by atoms with Crippen molar-refractivity contribution in [2.45, 2.75) is 0 Å². The van der Waals surface area contributed by atoms with Crippen molar-refractivity contribution < 1.29 is 0 Å². The van der Waals surface area contributed by atoms with E-state index in [1.807, 2.05) is 24.3 Å². The molecule has 4 aromatic rings. The molecular formula is C18H12ClN5O. The maximum absolute atomic E-state index is 12.6. The molecule has 0 saturated heterocycles. The van der Waals surface area contributed by atoms with Gasteiger partial charge in [0.1, 0.15) is 0 Å². The number of pyridine rings is 2. The molecule has 122 valence electrons. The number of nitrogens with zero attached hydrogens (tertiary/aromatic N) is 3. The molecule has 6 nitrogen and oxygen atoms in total. The fraction of sp³-hybridized carbons (Fsp3) is 0. The first-order chi connectivity index (χ1) is 12.2. The maximum atomic E-state index is 12.6. The summed E-state index contributed by atoms with van der Waals surface area (Å²) in [6.45, 7) is 0. The first kappa shape index (κ1) is 15.3. The quantitative estimate of drug-likeness (QED) is 0.588. The minimum Gasteiger partial charge on any atom is -0.324 e. The SMILES string of the molecule is O=c1[nH]c(Nc2ccccc2Cl)nc2nccc(-c3ccncc3)c12. The van der Waals surface area contributed by atoms with Crippen molar-refractivity contribution in [3.8, 4) is 11.1 Å². The second-order valence-electron chi connectivity index (χ2n) is 5.31.